The third-order valence-corrected chi connectivity index (χ3v) is 3.08. The molecule has 1 saturated heterocycles. The highest BCUT2D eigenvalue weighted by molar-refractivity contribution is 5.81. The Morgan fingerprint density at radius 2 is 2.05 bits per heavy atom. The van der Waals surface area contributed by atoms with E-state index in [1.54, 1.807) is 0 Å². The van der Waals surface area contributed by atoms with Gasteiger partial charge >= 0.3 is 12.1 Å². The lowest BCUT2D eigenvalue weighted by molar-refractivity contribution is -0.150. The predicted octanol–water partition coefficient (Wildman–Crippen LogP) is 1.10. The van der Waals surface area contributed by atoms with Gasteiger partial charge in [0.1, 0.15) is 12.6 Å². The van der Waals surface area contributed by atoms with Crippen molar-refractivity contribution in [2.24, 2.45) is 5.92 Å². The van der Waals surface area contributed by atoms with E-state index in [9.17, 15) is 9.59 Å². The first-order chi connectivity index (χ1) is 9.70. The largest absolute Gasteiger partial charge is 0.467 e. The van der Waals surface area contributed by atoms with Crippen molar-refractivity contribution in [1.82, 2.24) is 5.32 Å². The highest BCUT2D eigenvalue weighted by Crippen LogP contribution is 2.16. The van der Waals surface area contributed by atoms with Crippen LogP contribution in [0.3, 0.4) is 0 Å². The number of benzene rings is 1. The standard InChI is InChI=1S/C14H17NO5/c1-18-13(16)12(11-8-19-9-11)15-14(17)20-7-10-5-3-2-4-6-10/h2-6,11-12H,7-9H2,1H3,(H,15,17)/t12-/m0/s1. The van der Waals surface area contributed by atoms with Crippen LogP contribution in [-0.4, -0.2) is 38.4 Å². The number of nitrogens with one attached hydrogen (secondary N) is 1. The summed E-state index contributed by atoms with van der Waals surface area (Å²) in [5.41, 5.74) is 0.879. The molecule has 0 radical (unpaired) electrons. The van der Waals surface area contributed by atoms with Gasteiger partial charge in [0.25, 0.3) is 0 Å². The van der Waals surface area contributed by atoms with Crippen molar-refractivity contribution < 1.29 is 23.8 Å². The molecule has 0 saturated carbocycles. The second-order valence-electron chi connectivity index (χ2n) is 4.50. The van der Waals surface area contributed by atoms with Crippen molar-refractivity contribution >= 4 is 12.1 Å². The maximum Gasteiger partial charge on any atom is 0.408 e. The van der Waals surface area contributed by atoms with Crippen LogP contribution in [0.15, 0.2) is 30.3 Å². The number of hydrogen-bond donors (Lipinski definition) is 1. The van der Waals surface area contributed by atoms with Gasteiger partial charge in [-0.1, -0.05) is 30.3 Å². The van der Waals surface area contributed by atoms with E-state index in [1.807, 2.05) is 30.3 Å². The number of rotatable bonds is 5. The van der Waals surface area contributed by atoms with Crippen LogP contribution in [0, 0.1) is 5.92 Å². The molecule has 1 aromatic carbocycles. The molecule has 0 spiro atoms. The molecule has 1 fully saturated rings. The number of alkyl carbamates (subject to hydrolysis) is 1. The maximum atomic E-state index is 11.7. The van der Waals surface area contributed by atoms with Gasteiger partial charge in [0.2, 0.25) is 0 Å². The van der Waals surface area contributed by atoms with Gasteiger partial charge in [-0.2, -0.15) is 0 Å². The van der Waals surface area contributed by atoms with Crippen molar-refractivity contribution in [3.8, 4) is 0 Å². The second-order valence-corrected chi connectivity index (χ2v) is 4.50. The van der Waals surface area contributed by atoms with Crippen molar-refractivity contribution in [2.45, 2.75) is 12.6 Å². The van der Waals surface area contributed by atoms with E-state index in [0.717, 1.165) is 5.56 Å². The molecule has 0 bridgehead atoms. The molecule has 108 valence electrons. The Morgan fingerprint density at radius 3 is 2.60 bits per heavy atom. The van der Waals surface area contributed by atoms with Gasteiger partial charge in [0, 0.05) is 5.92 Å². The van der Waals surface area contributed by atoms with Gasteiger partial charge in [0.15, 0.2) is 0 Å². The van der Waals surface area contributed by atoms with Gasteiger partial charge in [-0.05, 0) is 5.56 Å². The van der Waals surface area contributed by atoms with Crippen molar-refractivity contribution in [2.75, 3.05) is 20.3 Å². The minimum absolute atomic E-state index is 0.0632. The zero-order valence-corrected chi connectivity index (χ0v) is 11.2. The molecule has 2 rings (SSSR count). The lowest BCUT2D eigenvalue weighted by atomic mass is 9.98. The molecular weight excluding hydrogens is 262 g/mol. The maximum absolute atomic E-state index is 11.7. The molecule has 1 amide bonds. The lowest BCUT2D eigenvalue weighted by Crippen LogP contribution is -2.53. The fraction of sp³-hybridized carbons (Fsp3) is 0.429. The molecule has 1 aliphatic heterocycles. The number of carbonyl (C=O) groups is 2. The normalized spacial score (nSPS) is 15.8. The monoisotopic (exact) mass is 279 g/mol. The van der Waals surface area contributed by atoms with Crippen LogP contribution >= 0.6 is 0 Å². The summed E-state index contributed by atoms with van der Waals surface area (Å²) < 4.78 is 14.8. The number of esters is 1. The second kappa shape index (κ2) is 6.91. The zero-order chi connectivity index (χ0) is 14.4. The molecule has 6 heteroatoms. The number of amides is 1. The Hall–Kier alpha value is -2.08. The van der Waals surface area contributed by atoms with Gasteiger partial charge in [-0.25, -0.2) is 9.59 Å². The fourth-order valence-electron chi connectivity index (χ4n) is 1.83. The van der Waals surface area contributed by atoms with Crippen molar-refractivity contribution in [3.63, 3.8) is 0 Å². The lowest BCUT2D eigenvalue weighted by Gasteiger charge is -2.31. The summed E-state index contributed by atoms with van der Waals surface area (Å²) in [6, 6.07) is 8.58. The molecule has 1 heterocycles. The number of hydrogen-bond acceptors (Lipinski definition) is 5. The molecule has 1 aliphatic rings. The molecule has 1 atom stereocenters. The highest BCUT2D eigenvalue weighted by Gasteiger charge is 2.36. The van der Waals surface area contributed by atoms with Gasteiger partial charge < -0.3 is 19.5 Å². The quantitative estimate of drug-likeness (QED) is 0.817. The van der Waals surface area contributed by atoms with Crippen LogP contribution in [0.1, 0.15) is 5.56 Å². The Labute approximate surface area is 117 Å². The van der Waals surface area contributed by atoms with E-state index in [-0.39, 0.29) is 12.5 Å². The Kier molecular flexibility index (Phi) is 4.95. The van der Waals surface area contributed by atoms with Gasteiger partial charge in [-0.15, -0.1) is 0 Å². The van der Waals surface area contributed by atoms with E-state index >= 15 is 0 Å². The van der Waals surface area contributed by atoms with E-state index in [0.29, 0.717) is 13.2 Å². The van der Waals surface area contributed by atoms with Crippen molar-refractivity contribution in [3.05, 3.63) is 35.9 Å². The van der Waals surface area contributed by atoms with Gasteiger partial charge in [0.05, 0.1) is 20.3 Å². The van der Waals surface area contributed by atoms with Crippen LogP contribution in [0.25, 0.3) is 0 Å². The zero-order valence-electron chi connectivity index (χ0n) is 11.2. The first-order valence-electron chi connectivity index (χ1n) is 6.33. The number of carbonyl (C=O) groups excluding carboxylic acids is 2. The average Bonchev–Trinajstić information content (AvgIpc) is 2.43. The molecule has 6 nitrogen and oxygen atoms in total. The smallest absolute Gasteiger partial charge is 0.408 e. The first kappa shape index (κ1) is 14.3. The molecule has 20 heavy (non-hydrogen) atoms. The highest BCUT2D eigenvalue weighted by atomic mass is 16.6. The summed E-state index contributed by atoms with van der Waals surface area (Å²) in [5.74, 6) is -0.554. The van der Waals surface area contributed by atoms with E-state index in [1.165, 1.54) is 7.11 Å². The van der Waals surface area contributed by atoms with E-state index in [2.05, 4.69) is 10.1 Å². The Balaban J connectivity index is 1.83. The molecule has 0 aliphatic carbocycles. The summed E-state index contributed by atoms with van der Waals surface area (Å²) in [5, 5.41) is 2.52. The summed E-state index contributed by atoms with van der Waals surface area (Å²) in [4.78, 5) is 23.3. The molecule has 0 aromatic heterocycles. The minimum Gasteiger partial charge on any atom is -0.467 e. The topological polar surface area (TPSA) is 73.9 Å². The van der Waals surface area contributed by atoms with E-state index in [4.69, 9.17) is 9.47 Å². The van der Waals surface area contributed by atoms with Crippen LogP contribution in [0.2, 0.25) is 0 Å². The van der Waals surface area contributed by atoms with Crippen molar-refractivity contribution in [1.29, 1.82) is 0 Å². The van der Waals surface area contributed by atoms with Crippen LogP contribution in [0.5, 0.6) is 0 Å². The number of methoxy groups -OCH3 is 1. The fourth-order valence-corrected chi connectivity index (χ4v) is 1.83. The van der Waals surface area contributed by atoms with Crippen LogP contribution in [0.4, 0.5) is 4.79 Å². The molecular formula is C14H17NO5. The summed E-state index contributed by atoms with van der Waals surface area (Å²) in [6.45, 7) is 1.01. The summed E-state index contributed by atoms with van der Waals surface area (Å²) in [7, 11) is 1.28. The molecule has 1 aromatic rings. The Morgan fingerprint density at radius 1 is 1.35 bits per heavy atom. The third-order valence-electron chi connectivity index (χ3n) is 3.08. The number of ether oxygens (including phenoxy) is 3. The predicted molar refractivity (Wildman–Crippen MR) is 69.9 cm³/mol. The van der Waals surface area contributed by atoms with Gasteiger partial charge in [-0.3, -0.25) is 0 Å². The summed E-state index contributed by atoms with van der Waals surface area (Å²) in [6.07, 6.45) is -0.642. The minimum atomic E-state index is -0.725. The van der Waals surface area contributed by atoms with E-state index < -0.39 is 18.1 Å². The SMILES string of the molecule is COC(=O)[C@@H](NC(=O)OCc1ccccc1)C1COC1. The average molecular weight is 279 g/mol. The third kappa shape index (κ3) is 3.71. The van der Waals surface area contributed by atoms with Crippen LogP contribution in [-0.2, 0) is 25.6 Å². The van der Waals surface area contributed by atoms with Crippen LogP contribution < -0.4 is 5.32 Å². The summed E-state index contributed by atoms with van der Waals surface area (Å²) >= 11 is 0. The first-order valence-corrected chi connectivity index (χ1v) is 6.33. The molecule has 0 unspecified atom stereocenters. The Bertz CT molecular complexity index is 458. The molecule has 1 N–H and O–H groups in total.